The van der Waals surface area contributed by atoms with Crippen LogP contribution in [-0.2, 0) is 6.42 Å². The highest BCUT2D eigenvalue weighted by Gasteiger charge is 2.06. The predicted octanol–water partition coefficient (Wildman–Crippen LogP) is 3.63. The summed E-state index contributed by atoms with van der Waals surface area (Å²) in [6.45, 7) is 0.775. The minimum atomic E-state index is 0.576. The molecule has 5 nitrogen and oxygen atoms in total. The van der Waals surface area contributed by atoms with Gasteiger partial charge >= 0.3 is 0 Å². The number of benzene rings is 2. The van der Waals surface area contributed by atoms with Crippen LogP contribution >= 0.6 is 12.2 Å². The molecule has 2 aromatic rings. The van der Waals surface area contributed by atoms with Crippen molar-refractivity contribution in [2.24, 2.45) is 0 Å². The number of thiocarbonyl (C=S) groups is 1. The Labute approximate surface area is 154 Å². The number of para-hydroxylation sites is 1. The predicted molar refractivity (Wildman–Crippen MR) is 105 cm³/mol. The maximum absolute atomic E-state index is 5.36. The summed E-state index contributed by atoms with van der Waals surface area (Å²) in [6, 6.07) is 13.6. The molecule has 0 aliphatic heterocycles. The summed E-state index contributed by atoms with van der Waals surface area (Å²) >= 11 is 5.34. The fraction of sp³-hybridized carbons (Fsp3) is 0.316. The molecule has 0 unspecified atom stereocenters. The highest BCUT2D eigenvalue weighted by atomic mass is 32.1. The summed E-state index contributed by atoms with van der Waals surface area (Å²) in [5, 5.41) is 6.94. The summed E-state index contributed by atoms with van der Waals surface area (Å²) < 4.78 is 15.9. The normalized spacial score (nSPS) is 10.0. The SMILES string of the molecule is COc1ccccc1CCCNC(=S)Nc1ccc(OC)c(OC)c1. The van der Waals surface area contributed by atoms with Crippen LogP contribution < -0.4 is 24.8 Å². The molecule has 0 saturated carbocycles. The van der Waals surface area contributed by atoms with Crippen molar-refractivity contribution < 1.29 is 14.2 Å². The monoisotopic (exact) mass is 360 g/mol. The number of nitrogens with one attached hydrogen (secondary N) is 2. The van der Waals surface area contributed by atoms with E-state index in [0.29, 0.717) is 16.6 Å². The number of hydrogen-bond acceptors (Lipinski definition) is 4. The number of methoxy groups -OCH3 is 3. The molecule has 0 radical (unpaired) electrons. The third kappa shape index (κ3) is 5.53. The van der Waals surface area contributed by atoms with Crippen LogP contribution in [0.15, 0.2) is 42.5 Å². The van der Waals surface area contributed by atoms with E-state index in [4.69, 9.17) is 26.4 Å². The molecule has 0 aliphatic rings. The molecule has 0 aliphatic carbocycles. The topological polar surface area (TPSA) is 51.8 Å². The quantitative estimate of drug-likeness (QED) is 0.554. The van der Waals surface area contributed by atoms with Gasteiger partial charge in [0, 0.05) is 18.3 Å². The third-order valence-corrected chi connectivity index (χ3v) is 3.99. The van der Waals surface area contributed by atoms with Crippen LogP contribution in [0.1, 0.15) is 12.0 Å². The molecule has 0 spiro atoms. The first kappa shape index (κ1) is 18.9. The van der Waals surface area contributed by atoms with Crippen molar-refractivity contribution >= 4 is 23.0 Å². The van der Waals surface area contributed by atoms with Gasteiger partial charge in [-0.15, -0.1) is 0 Å². The van der Waals surface area contributed by atoms with Gasteiger partial charge < -0.3 is 24.8 Å². The molecule has 2 rings (SSSR count). The zero-order valence-corrected chi connectivity index (χ0v) is 15.6. The standard InChI is InChI=1S/C19H24N2O3S/c1-22-16-9-5-4-7-14(16)8-6-12-20-19(25)21-15-10-11-17(23-2)18(13-15)24-3/h4-5,7,9-11,13H,6,8,12H2,1-3H3,(H2,20,21,25). The van der Waals surface area contributed by atoms with Crippen LogP contribution in [-0.4, -0.2) is 33.0 Å². The fourth-order valence-corrected chi connectivity index (χ4v) is 2.70. The van der Waals surface area contributed by atoms with E-state index < -0.39 is 0 Å². The molecule has 6 heteroatoms. The van der Waals surface area contributed by atoms with E-state index in [-0.39, 0.29) is 0 Å². The first-order valence-electron chi connectivity index (χ1n) is 8.06. The number of rotatable bonds is 8. The average Bonchev–Trinajstić information content (AvgIpc) is 2.65. The van der Waals surface area contributed by atoms with Crippen molar-refractivity contribution in [3.63, 3.8) is 0 Å². The van der Waals surface area contributed by atoms with E-state index >= 15 is 0 Å². The summed E-state index contributed by atoms with van der Waals surface area (Å²) in [5.41, 5.74) is 2.05. The number of aryl methyl sites for hydroxylation is 1. The molecule has 0 heterocycles. The molecule has 0 fully saturated rings. The van der Waals surface area contributed by atoms with E-state index in [1.165, 1.54) is 5.56 Å². The van der Waals surface area contributed by atoms with Crippen molar-refractivity contribution in [3.8, 4) is 17.2 Å². The number of hydrogen-bond donors (Lipinski definition) is 2. The molecular formula is C19H24N2O3S. The molecular weight excluding hydrogens is 336 g/mol. The minimum Gasteiger partial charge on any atom is -0.496 e. The van der Waals surface area contributed by atoms with Crippen LogP contribution in [0, 0.1) is 0 Å². The molecule has 0 atom stereocenters. The third-order valence-electron chi connectivity index (χ3n) is 3.74. The molecule has 2 N–H and O–H groups in total. The Bertz CT molecular complexity index is 707. The van der Waals surface area contributed by atoms with Gasteiger partial charge in [0.25, 0.3) is 0 Å². The van der Waals surface area contributed by atoms with Gasteiger partial charge in [-0.2, -0.15) is 0 Å². The lowest BCUT2D eigenvalue weighted by Gasteiger charge is -2.13. The first-order chi connectivity index (χ1) is 12.2. The summed E-state index contributed by atoms with van der Waals surface area (Å²) in [6.07, 6.45) is 1.88. The molecule has 0 bridgehead atoms. The number of anilines is 1. The van der Waals surface area contributed by atoms with Gasteiger partial charge in [0.2, 0.25) is 0 Å². The van der Waals surface area contributed by atoms with Crippen LogP contribution in [0.3, 0.4) is 0 Å². The van der Waals surface area contributed by atoms with E-state index in [0.717, 1.165) is 30.8 Å². The van der Waals surface area contributed by atoms with Gasteiger partial charge in [-0.3, -0.25) is 0 Å². The Kier molecular flexibility index (Phi) is 7.35. The lowest BCUT2D eigenvalue weighted by Crippen LogP contribution is -2.29. The van der Waals surface area contributed by atoms with Crippen molar-refractivity contribution in [1.29, 1.82) is 0 Å². The van der Waals surface area contributed by atoms with Gasteiger partial charge in [0.15, 0.2) is 16.6 Å². The highest BCUT2D eigenvalue weighted by Crippen LogP contribution is 2.29. The molecule has 2 aromatic carbocycles. The Hall–Kier alpha value is -2.47. The van der Waals surface area contributed by atoms with Gasteiger partial charge in [0.05, 0.1) is 21.3 Å². The second-order valence-corrected chi connectivity index (χ2v) is 5.77. The Morgan fingerprint density at radius 1 is 0.920 bits per heavy atom. The molecule has 134 valence electrons. The Morgan fingerprint density at radius 3 is 2.36 bits per heavy atom. The Balaban J connectivity index is 1.79. The molecule has 25 heavy (non-hydrogen) atoms. The maximum atomic E-state index is 5.36. The van der Waals surface area contributed by atoms with Crippen molar-refractivity contribution in [1.82, 2.24) is 5.32 Å². The molecule has 0 amide bonds. The van der Waals surface area contributed by atoms with Crippen molar-refractivity contribution in [2.45, 2.75) is 12.8 Å². The van der Waals surface area contributed by atoms with Crippen LogP contribution in [0.2, 0.25) is 0 Å². The maximum Gasteiger partial charge on any atom is 0.170 e. The fourth-order valence-electron chi connectivity index (χ4n) is 2.48. The Morgan fingerprint density at radius 2 is 1.64 bits per heavy atom. The zero-order valence-electron chi connectivity index (χ0n) is 14.8. The second kappa shape index (κ2) is 9.74. The van der Waals surface area contributed by atoms with E-state index in [9.17, 15) is 0 Å². The summed E-state index contributed by atoms with van der Waals surface area (Å²) in [7, 11) is 4.91. The lowest BCUT2D eigenvalue weighted by atomic mass is 10.1. The van der Waals surface area contributed by atoms with Crippen LogP contribution in [0.25, 0.3) is 0 Å². The lowest BCUT2D eigenvalue weighted by molar-refractivity contribution is 0.355. The number of ether oxygens (including phenoxy) is 3. The smallest absolute Gasteiger partial charge is 0.170 e. The summed E-state index contributed by atoms with van der Waals surface area (Å²) in [5.74, 6) is 2.27. The largest absolute Gasteiger partial charge is 0.496 e. The minimum absolute atomic E-state index is 0.576. The van der Waals surface area contributed by atoms with Crippen LogP contribution in [0.4, 0.5) is 5.69 Å². The molecule has 0 saturated heterocycles. The average molecular weight is 360 g/mol. The highest BCUT2D eigenvalue weighted by molar-refractivity contribution is 7.80. The van der Waals surface area contributed by atoms with E-state index in [2.05, 4.69) is 16.7 Å². The zero-order chi connectivity index (χ0) is 18.1. The summed E-state index contributed by atoms with van der Waals surface area (Å²) in [4.78, 5) is 0. The van der Waals surface area contributed by atoms with Crippen LogP contribution in [0.5, 0.6) is 17.2 Å². The van der Waals surface area contributed by atoms with Gasteiger partial charge in [-0.05, 0) is 48.8 Å². The van der Waals surface area contributed by atoms with Crippen molar-refractivity contribution in [3.05, 3.63) is 48.0 Å². The van der Waals surface area contributed by atoms with Gasteiger partial charge in [0.1, 0.15) is 5.75 Å². The molecule has 0 aromatic heterocycles. The van der Waals surface area contributed by atoms with Crippen molar-refractivity contribution in [2.75, 3.05) is 33.2 Å². The first-order valence-corrected chi connectivity index (χ1v) is 8.47. The van der Waals surface area contributed by atoms with E-state index in [1.807, 2.05) is 36.4 Å². The second-order valence-electron chi connectivity index (χ2n) is 5.37. The van der Waals surface area contributed by atoms with Gasteiger partial charge in [-0.25, -0.2) is 0 Å². The van der Waals surface area contributed by atoms with E-state index in [1.54, 1.807) is 21.3 Å². The van der Waals surface area contributed by atoms with Gasteiger partial charge in [-0.1, -0.05) is 18.2 Å².